The first-order chi connectivity index (χ1) is 14.3. The summed E-state index contributed by atoms with van der Waals surface area (Å²) in [6, 6.07) is 2.02. The first-order valence-electron chi connectivity index (χ1n) is 8.93. The molecule has 0 fully saturated rings. The highest BCUT2D eigenvalue weighted by atomic mass is 19.4. The molecule has 12 heteroatoms. The molecule has 0 radical (unpaired) electrons. The van der Waals surface area contributed by atoms with Gasteiger partial charge in [0.05, 0.1) is 16.8 Å². The van der Waals surface area contributed by atoms with Crippen molar-refractivity contribution < 1.29 is 28.2 Å². The van der Waals surface area contributed by atoms with E-state index >= 15 is 0 Å². The number of alkyl halides is 5. The van der Waals surface area contributed by atoms with E-state index in [9.17, 15) is 31.5 Å². The molecule has 0 aliphatic carbocycles. The fraction of sp³-hybridized carbons (Fsp3) is 0.316. The van der Waals surface area contributed by atoms with Crippen LogP contribution < -0.4 is 22.3 Å². The lowest BCUT2D eigenvalue weighted by Crippen LogP contribution is -2.35. The molecule has 0 atom stereocenters. The molecule has 0 aliphatic heterocycles. The van der Waals surface area contributed by atoms with E-state index in [1.807, 2.05) is 0 Å². The van der Waals surface area contributed by atoms with E-state index in [4.69, 9.17) is 11.5 Å². The zero-order valence-electron chi connectivity index (χ0n) is 16.5. The smallest absolute Gasteiger partial charge is 0.405 e. The molecule has 31 heavy (non-hydrogen) atoms. The van der Waals surface area contributed by atoms with Gasteiger partial charge in [-0.05, 0) is 30.3 Å². The number of nitrogens with zero attached hydrogens (tertiary/aromatic N) is 2. The topological polar surface area (TPSA) is 116 Å². The lowest BCUT2D eigenvalue weighted by atomic mass is 9.98. The van der Waals surface area contributed by atoms with E-state index < -0.39 is 41.6 Å². The zero-order valence-corrected chi connectivity index (χ0v) is 16.5. The molecule has 0 bridgehead atoms. The highest BCUT2D eigenvalue weighted by Gasteiger charge is 2.58. The molecule has 2 aromatic rings. The second kappa shape index (κ2) is 8.74. The Balaban J connectivity index is 0.00000512. The maximum absolute atomic E-state index is 13.8. The van der Waals surface area contributed by atoms with Crippen molar-refractivity contribution in [3.8, 4) is 0 Å². The van der Waals surface area contributed by atoms with Crippen LogP contribution in [0.4, 0.5) is 22.0 Å². The van der Waals surface area contributed by atoms with Gasteiger partial charge in [-0.1, -0.05) is 19.9 Å². The van der Waals surface area contributed by atoms with Crippen LogP contribution in [0.2, 0.25) is 0 Å². The van der Waals surface area contributed by atoms with Crippen LogP contribution in [0, 0.1) is 0 Å². The normalized spacial score (nSPS) is 13.4. The highest BCUT2D eigenvalue weighted by molar-refractivity contribution is 5.85. The van der Waals surface area contributed by atoms with Crippen LogP contribution in [0.1, 0.15) is 32.4 Å². The number of carbonyl (C=O) groups is 1. The van der Waals surface area contributed by atoms with Gasteiger partial charge in [-0.2, -0.15) is 27.1 Å². The molecule has 170 valence electrons. The summed E-state index contributed by atoms with van der Waals surface area (Å²) in [5.74, 6) is -6.24. The third-order valence-electron chi connectivity index (χ3n) is 4.29. The van der Waals surface area contributed by atoms with E-state index in [0.717, 1.165) is 23.1 Å². The molecule has 0 unspecified atom stereocenters. The summed E-state index contributed by atoms with van der Waals surface area (Å²) in [4.78, 5) is 24.9. The van der Waals surface area contributed by atoms with Crippen molar-refractivity contribution in [3.05, 3.63) is 64.0 Å². The van der Waals surface area contributed by atoms with Gasteiger partial charge in [0.25, 0.3) is 5.56 Å². The van der Waals surface area contributed by atoms with Crippen molar-refractivity contribution >= 4 is 16.7 Å². The number of fused-ring (bicyclic) bond motifs is 1. The average Bonchev–Trinajstić information content (AvgIpc) is 2.68. The van der Waals surface area contributed by atoms with Gasteiger partial charge in [0, 0.05) is 18.6 Å². The fourth-order valence-electron chi connectivity index (χ4n) is 2.78. The summed E-state index contributed by atoms with van der Waals surface area (Å²) < 4.78 is 66.6. The summed E-state index contributed by atoms with van der Waals surface area (Å²) >= 11 is 0. The number of hydrogen-bond acceptors (Lipinski definition) is 5. The monoisotopic (exact) mass is 447 g/mol. The van der Waals surface area contributed by atoms with Gasteiger partial charge in [0.2, 0.25) is 5.91 Å². The molecule has 0 aliphatic rings. The maximum Gasteiger partial charge on any atom is 0.458 e. The minimum Gasteiger partial charge on any atom is -0.405 e. The predicted molar refractivity (Wildman–Crippen MR) is 106 cm³/mol. The Hall–Kier alpha value is -3.44. The lowest BCUT2D eigenvalue weighted by Gasteiger charge is -2.21. The molecule has 1 aromatic heterocycles. The van der Waals surface area contributed by atoms with Gasteiger partial charge < -0.3 is 16.8 Å². The zero-order chi connectivity index (χ0) is 23.6. The number of rotatable bonds is 6. The van der Waals surface area contributed by atoms with E-state index in [1.54, 1.807) is 13.8 Å². The number of amides is 1. The molecule has 2 rings (SSSR count). The Morgan fingerprint density at radius 3 is 2.39 bits per heavy atom. The van der Waals surface area contributed by atoms with Crippen LogP contribution >= 0.6 is 0 Å². The first-order valence-corrected chi connectivity index (χ1v) is 8.93. The van der Waals surface area contributed by atoms with Crippen LogP contribution in [-0.4, -0.2) is 21.9 Å². The number of hydrogen-bond donors (Lipinski definition) is 3. The van der Waals surface area contributed by atoms with Crippen molar-refractivity contribution in [2.75, 3.05) is 0 Å². The summed E-state index contributed by atoms with van der Waals surface area (Å²) in [6.07, 6.45) is -2.30. The fourth-order valence-corrected chi connectivity index (χ4v) is 2.78. The van der Waals surface area contributed by atoms with Gasteiger partial charge in [-0.25, -0.2) is 4.68 Å². The predicted octanol–water partition coefficient (Wildman–Crippen LogP) is 2.81. The lowest BCUT2D eigenvalue weighted by molar-refractivity contribution is -0.289. The summed E-state index contributed by atoms with van der Waals surface area (Å²) in [5, 5.41) is 6.13. The molecule has 1 heterocycles. The molecule has 0 spiro atoms. The number of carbonyl (C=O) groups excluding carboxylic acids is 1. The van der Waals surface area contributed by atoms with Crippen molar-refractivity contribution in [1.82, 2.24) is 15.1 Å². The van der Waals surface area contributed by atoms with Crippen molar-refractivity contribution in [2.45, 2.75) is 38.4 Å². The van der Waals surface area contributed by atoms with Gasteiger partial charge >= 0.3 is 12.1 Å². The Kier molecular flexibility index (Phi) is 6.72. The molecule has 0 saturated carbocycles. The van der Waals surface area contributed by atoms with E-state index in [2.05, 4.69) is 10.4 Å². The summed E-state index contributed by atoms with van der Waals surface area (Å²) in [7, 11) is 0. The number of benzene rings is 1. The summed E-state index contributed by atoms with van der Waals surface area (Å²) in [5.41, 5.74) is 8.66. The minimum atomic E-state index is -5.80. The van der Waals surface area contributed by atoms with Crippen molar-refractivity contribution in [3.63, 3.8) is 0 Å². The van der Waals surface area contributed by atoms with Gasteiger partial charge in [0.1, 0.15) is 6.54 Å². The molecule has 0 saturated heterocycles. The van der Waals surface area contributed by atoms with E-state index in [-0.39, 0.29) is 23.6 Å². The van der Waals surface area contributed by atoms with Crippen LogP contribution in [0.15, 0.2) is 47.2 Å². The second-order valence-corrected chi connectivity index (χ2v) is 6.86. The number of allylic oxidation sites excluding steroid dienone is 1. The van der Waals surface area contributed by atoms with E-state index in [1.165, 1.54) is 6.08 Å². The standard InChI is InChI=1S/C19H20F5N5O2.H2/c1-10(2)16-14-7-11(18(20,21)19(22,23)24)3-4-13(14)17(31)29(28-16)9-15(30)27-12(8-26)5-6-25;/h3-8,10H,9,25-26H2,1-2H3,(H,27,30);1H/b6-5-,12-8+;. The number of nitrogens with two attached hydrogens (primary N) is 2. The van der Waals surface area contributed by atoms with Crippen molar-refractivity contribution in [1.29, 1.82) is 0 Å². The van der Waals surface area contributed by atoms with Gasteiger partial charge in [-0.3, -0.25) is 9.59 Å². The maximum atomic E-state index is 13.8. The largest absolute Gasteiger partial charge is 0.458 e. The molecule has 1 aromatic carbocycles. The van der Waals surface area contributed by atoms with Crippen LogP contribution in [0.25, 0.3) is 10.8 Å². The van der Waals surface area contributed by atoms with Crippen LogP contribution in [0.5, 0.6) is 0 Å². The number of nitrogens with one attached hydrogen (secondary N) is 1. The molecular weight excluding hydrogens is 425 g/mol. The Morgan fingerprint density at radius 1 is 1.23 bits per heavy atom. The molecule has 7 nitrogen and oxygen atoms in total. The SMILES string of the molecule is CC(C)c1nn(CC(=O)NC(/C=C\N)=C/N)c(=O)c2ccc(C(F)(F)C(F)(F)F)cc12.[HH]. The summed E-state index contributed by atoms with van der Waals surface area (Å²) in [6.45, 7) is 2.68. The quantitative estimate of drug-likeness (QED) is 0.465. The first kappa shape index (κ1) is 23.8. The Labute approximate surface area is 174 Å². The Bertz CT molecular complexity index is 1110. The molecular formula is C19H22F5N5O2. The third kappa shape index (κ3) is 4.84. The van der Waals surface area contributed by atoms with Crippen LogP contribution in [0.3, 0.4) is 0 Å². The minimum absolute atomic E-state index is 0. The van der Waals surface area contributed by atoms with Gasteiger partial charge in [-0.15, -0.1) is 0 Å². The molecule has 1 amide bonds. The number of aromatic nitrogens is 2. The third-order valence-corrected chi connectivity index (χ3v) is 4.29. The second-order valence-electron chi connectivity index (χ2n) is 6.86. The van der Waals surface area contributed by atoms with Crippen molar-refractivity contribution in [2.24, 2.45) is 11.5 Å². The number of halogens is 5. The van der Waals surface area contributed by atoms with Crippen LogP contribution in [-0.2, 0) is 17.3 Å². The Morgan fingerprint density at radius 2 is 1.87 bits per heavy atom. The highest BCUT2D eigenvalue weighted by Crippen LogP contribution is 2.44. The average molecular weight is 447 g/mol. The van der Waals surface area contributed by atoms with Gasteiger partial charge in [0.15, 0.2) is 0 Å². The van der Waals surface area contributed by atoms with E-state index in [0.29, 0.717) is 12.1 Å². The molecule has 5 N–H and O–H groups in total.